The summed E-state index contributed by atoms with van der Waals surface area (Å²) in [6.45, 7) is -0.595. The number of rotatable bonds is 3. The van der Waals surface area contributed by atoms with Crippen molar-refractivity contribution in [2.24, 2.45) is 0 Å². The third kappa shape index (κ3) is 1.62. The van der Waals surface area contributed by atoms with Crippen LogP contribution in [0.4, 0.5) is 0 Å². The van der Waals surface area contributed by atoms with Crippen molar-refractivity contribution in [3.05, 3.63) is 34.6 Å². The van der Waals surface area contributed by atoms with Crippen molar-refractivity contribution >= 4 is 27.6 Å². The van der Waals surface area contributed by atoms with Crippen LogP contribution in [0.25, 0.3) is 10.1 Å². The highest BCUT2D eigenvalue weighted by Gasteiger charge is 2.22. The number of carboxylic acids is 1. The van der Waals surface area contributed by atoms with Gasteiger partial charge in [-0.25, -0.2) is 8.75 Å². The van der Waals surface area contributed by atoms with Crippen molar-refractivity contribution in [3.8, 4) is 0 Å². The Morgan fingerprint density at radius 3 is 2.69 bits per heavy atom. The molecule has 1 unspecified atom stereocenters. The van der Waals surface area contributed by atoms with Crippen molar-refractivity contribution < 1.29 is 15.0 Å². The molecule has 0 radical (unpaired) electrons. The SMILES string of the molecule is O=C(O)C(CO)n1sc2ccccc2c1=O. The number of fused-ring (bicyclic) bond motifs is 1. The third-order valence-electron chi connectivity index (χ3n) is 2.26. The van der Waals surface area contributed by atoms with E-state index in [0.29, 0.717) is 10.1 Å². The molecule has 0 spiro atoms. The van der Waals surface area contributed by atoms with Crippen LogP contribution in [0.15, 0.2) is 29.1 Å². The molecule has 2 aromatic rings. The van der Waals surface area contributed by atoms with E-state index in [9.17, 15) is 9.59 Å². The Bertz CT molecular complexity index is 586. The molecule has 6 heteroatoms. The van der Waals surface area contributed by atoms with Crippen LogP contribution >= 0.6 is 11.5 Å². The fourth-order valence-electron chi connectivity index (χ4n) is 1.45. The molecule has 1 heterocycles. The first-order chi connectivity index (χ1) is 7.65. The van der Waals surface area contributed by atoms with Crippen LogP contribution in [-0.4, -0.2) is 26.7 Å². The molecule has 1 aromatic carbocycles. The lowest BCUT2D eigenvalue weighted by Crippen LogP contribution is -2.28. The van der Waals surface area contributed by atoms with Crippen molar-refractivity contribution in [1.29, 1.82) is 0 Å². The molecule has 0 aliphatic rings. The summed E-state index contributed by atoms with van der Waals surface area (Å²) in [7, 11) is 0. The minimum absolute atomic E-state index is 0.373. The number of aliphatic hydroxyl groups excluding tert-OH is 1. The minimum atomic E-state index is -1.21. The van der Waals surface area contributed by atoms with E-state index in [1.54, 1.807) is 24.3 Å². The molecule has 2 N–H and O–H groups in total. The van der Waals surface area contributed by atoms with Gasteiger partial charge in [0.15, 0.2) is 6.04 Å². The molecule has 0 aliphatic carbocycles. The predicted molar refractivity (Wildman–Crippen MR) is 59.8 cm³/mol. The number of nitrogens with zero attached hydrogens (tertiary/aromatic N) is 1. The highest BCUT2D eigenvalue weighted by Crippen LogP contribution is 2.19. The van der Waals surface area contributed by atoms with E-state index in [4.69, 9.17) is 10.2 Å². The van der Waals surface area contributed by atoms with Gasteiger partial charge in [0.05, 0.1) is 16.7 Å². The molecule has 0 bridgehead atoms. The monoisotopic (exact) mass is 239 g/mol. The lowest BCUT2D eigenvalue weighted by molar-refractivity contribution is -0.141. The van der Waals surface area contributed by atoms with E-state index in [-0.39, 0.29) is 5.56 Å². The number of aromatic nitrogens is 1. The first kappa shape index (κ1) is 10.8. The van der Waals surface area contributed by atoms with Crippen molar-refractivity contribution in [2.75, 3.05) is 6.61 Å². The first-order valence-corrected chi connectivity index (χ1v) is 5.36. The maximum absolute atomic E-state index is 11.8. The van der Waals surface area contributed by atoms with E-state index in [1.807, 2.05) is 0 Å². The largest absolute Gasteiger partial charge is 0.480 e. The number of carboxylic acid groups (broad SMARTS) is 1. The summed E-state index contributed by atoms with van der Waals surface area (Å²) >= 11 is 1.05. The van der Waals surface area contributed by atoms with Crippen molar-refractivity contribution in [3.63, 3.8) is 0 Å². The molecule has 0 aliphatic heterocycles. The lowest BCUT2D eigenvalue weighted by Gasteiger charge is -2.07. The smallest absolute Gasteiger partial charge is 0.330 e. The second kappa shape index (κ2) is 4.07. The zero-order valence-electron chi connectivity index (χ0n) is 8.16. The van der Waals surface area contributed by atoms with Crippen molar-refractivity contribution in [1.82, 2.24) is 3.96 Å². The molecule has 0 amide bonds. The van der Waals surface area contributed by atoms with E-state index in [2.05, 4.69) is 0 Å². The van der Waals surface area contributed by atoms with Crippen LogP contribution in [0.3, 0.4) is 0 Å². The van der Waals surface area contributed by atoms with Gasteiger partial charge >= 0.3 is 5.97 Å². The van der Waals surface area contributed by atoms with E-state index >= 15 is 0 Å². The summed E-state index contributed by atoms with van der Waals surface area (Å²) < 4.78 is 1.81. The Morgan fingerprint density at radius 2 is 2.12 bits per heavy atom. The minimum Gasteiger partial charge on any atom is -0.480 e. The maximum Gasteiger partial charge on any atom is 0.330 e. The normalized spacial score (nSPS) is 12.8. The topological polar surface area (TPSA) is 79.5 Å². The highest BCUT2D eigenvalue weighted by atomic mass is 32.1. The Labute approximate surface area is 94.3 Å². The molecule has 1 atom stereocenters. The summed E-state index contributed by atoms with van der Waals surface area (Å²) in [5.41, 5.74) is -0.373. The van der Waals surface area contributed by atoms with Gasteiger partial charge in [0.25, 0.3) is 5.56 Å². The highest BCUT2D eigenvalue weighted by molar-refractivity contribution is 7.13. The second-order valence-corrected chi connectivity index (χ2v) is 4.27. The Kier molecular flexibility index (Phi) is 2.76. The summed E-state index contributed by atoms with van der Waals surface area (Å²) in [6, 6.07) is 5.67. The summed E-state index contributed by atoms with van der Waals surface area (Å²) in [5.74, 6) is -1.21. The zero-order chi connectivity index (χ0) is 11.7. The molecule has 0 saturated carbocycles. The molecular weight excluding hydrogens is 230 g/mol. The molecule has 0 saturated heterocycles. The Morgan fingerprint density at radius 1 is 1.44 bits per heavy atom. The van der Waals surface area contributed by atoms with Crippen molar-refractivity contribution in [2.45, 2.75) is 6.04 Å². The van der Waals surface area contributed by atoms with E-state index < -0.39 is 18.6 Å². The standard InChI is InChI=1S/C10H9NO4S/c12-5-7(10(14)15)11-9(13)6-3-1-2-4-8(6)16-11/h1-4,7,12H,5H2,(H,14,15). The fraction of sp³-hybridized carbons (Fsp3) is 0.200. The number of carbonyl (C=O) groups is 1. The molecule has 2 rings (SSSR count). The molecule has 1 aromatic heterocycles. The van der Waals surface area contributed by atoms with Gasteiger partial charge < -0.3 is 10.2 Å². The van der Waals surface area contributed by atoms with Crippen LogP contribution in [0.2, 0.25) is 0 Å². The third-order valence-corrected chi connectivity index (χ3v) is 3.43. The molecule has 16 heavy (non-hydrogen) atoms. The van der Waals surface area contributed by atoms with Crippen LogP contribution in [0.5, 0.6) is 0 Å². The fourth-order valence-corrected chi connectivity index (χ4v) is 2.52. The number of benzene rings is 1. The maximum atomic E-state index is 11.8. The van der Waals surface area contributed by atoms with Gasteiger partial charge in [0.2, 0.25) is 0 Å². The van der Waals surface area contributed by atoms with Gasteiger partial charge in [0.1, 0.15) is 0 Å². The Hall–Kier alpha value is -1.66. The van der Waals surface area contributed by atoms with E-state index in [0.717, 1.165) is 15.5 Å². The molecule has 5 nitrogen and oxygen atoms in total. The number of aliphatic hydroxyl groups is 1. The second-order valence-electron chi connectivity index (χ2n) is 3.26. The van der Waals surface area contributed by atoms with Gasteiger partial charge in [0, 0.05) is 0 Å². The molecule has 84 valence electrons. The van der Waals surface area contributed by atoms with Crippen LogP contribution in [-0.2, 0) is 4.79 Å². The molecule has 0 fully saturated rings. The number of hydrogen-bond donors (Lipinski definition) is 2. The van der Waals surface area contributed by atoms with E-state index in [1.165, 1.54) is 0 Å². The average molecular weight is 239 g/mol. The number of aliphatic carboxylic acids is 1. The summed E-state index contributed by atoms with van der Waals surface area (Å²) in [4.78, 5) is 22.7. The summed E-state index contributed by atoms with van der Waals surface area (Å²) in [6.07, 6.45) is 0. The lowest BCUT2D eigenvalue weighted by atomic mass is 10.3. The van der Waals surface area contributed by atoms with Gasteiger partial charge in [-0.3, -0.25) is 4.79 Å². The average Bonchev–Trinajstić information content (AvgIpc) is 2.58. The summed E-state index contributed by atoms with van der Waals surface area (Å²) in [5, 5.41) is 18.3. The van der Waals surface area contributed by atoms with Gasteiger partial charge in [-0.1, -0.05) is 23.7 Å². The van der Waals surface area contributed by atoms with Gasteiger partial charge in [-0.15, -0.1) is 0 Å². The number of hydrogen-bond acceptors (Lipinski definition) is 4. The molecular formula is C10H9NO4S. The van der Waals surface area contributed by atoms with Crippen LogP contribution < -0.4 is 5.56 Å². The van der Waals surface area contributed by atoms with Crippen LogP contribution in [0, 0.1) is 0 Å². The Balaban J connectivity index is 2.65. The van der Waals surface area contributed by atoms with Gasteiger partial charge in [-0.05, 0) is 12.1 Å². The first-order valence-electron chi connectivity index (χ1n) is 4.59. The van der Waals surface area contributed by atoms with Crippen LogP contribution in [0.1, 0.15) is 6.04 Å². The predicted octanol–water partition coefficient (Wildman–Crippen LogP) is 0.681. The zero-order valence-corrected chi connectivity index (χ0v) is 8.98. The quantitative estimate of drug-likeness (QED) is 0.825. The van der Waals surface area contributed by atoms with Gasteiger partial charge in [-0.2, -0.15) is 0 Å².